The fourth-order valence-corrected chi connectivity index (χ4v) is 1.09. The maximum absolute atomic E-state index is 10.4. The topological polar surface area (TPSA) is 107 Å². The van der Waals surface area contributed by atoms with Crippen LogP contribution in [0.1, 0.15) is 5.69 Å². The van der Waals surface area contributed by atoms with E-state index < -0.39 is 15.1 Å². The lowest BCUT2D eigenvalue weighted by Gasteiger charge is -1.85. The van der Waals surface area contributed by atoms with E-state index in [2.05, 4.69) is 9.79 Å². The van der Waals surface area contributed by atoms with Crippen molar-refractivity contribution < 1.29 is 22.5 Å². The molecule has 1 rings (SSSR count). The van der Waals surface area contributed by atoms with Crippen LogP contribution in [-0.4, -0.2) is 18.1 Å². The molecule has 0 bridgehead atoms. The zero-order valence-electron chi connectivity index (χ0n) is 5.38. The average molecular weight is 180 g/mol. The summed E-state index contributed by atoms with van der Waals surface area (Å²) in [5, 5.41) is 12.5. The second-order valence-corrected chi connectivity index (χ2v) is 3.13. The first kappa shape index (κ1) is 7.95. The van der Waals surface area contributed by atoms with Gasteiger partial charge in [0.2, 0.25) is 5.69 Å². The Morgan fingerprint density at radius 1 is 1.73 bits per heavy atom. The van der Waals surface area contributed by atoms with Gasteiger partial charge >= 0.3 is 15.1 Å². The van der Waals surface area contributed by atoms with Gasteiger partial charge < -0.3 is 5.21 Å². The molecular formula is C3H4N2O5S. The molecule has 0 radical (unpaired) electrons. The van der Waals surface area contributed by atoms with Gasteiger partial charge in [0, 0.05) is 6.92 Å². The van der Waals surface area contributed by atoms with Gasteiger partial charge in [0.25, 0.3) is 0 Å². The zero-order chi connectivity index (χ0) is 8.65. The van der Waals surface area contributed by atoms with Crippen molar-refractivity contribution in [3.8, 4) is 0 Å². The molecule has 0 aliphatic heterocycles. The second-order valence-electron chi connectivity index (χ2n) is 1.80. The van der Waals surface area contributed by atoms with Crippen LogP contribution >= 0.6 is 0 Å². The van der Waals surface area contributed by atoms with E-state index in [-0.39, 0.29) is 10.6 Å². The van der Waals surface area contributed by atoms with Gasteiger partial charge in [-0.25, -0.2) is 0 Å². The van der Waals surface area contributed by atoms with Crippen LogP contribution in [0, 0.1) is 12.1 Å². The number of hydrogen-bond acceptors (Lipinski definition) is 5. The summed E-state index contributed by atoms with van der Waals surface area (Å²) >= 11 is 0. The number of aromatic nitrogens is 2. The maximum atomic E-state index is 10.4. The molecule has 0 aliphatic carbocycles. The Morgan fingerprint density at radius 2 is 2.27 bits per heavy atom. The molecule has 0 fully saturated rings. The largest absolute Gasteiger partial charge is 0.360 e. The maximum Gasteiger partial charge on any atom is 0.360 e. The van der Waals surface area contributed by atoms with Gasteiger partial charge in [-0.15, -0.1) is 0 Å². The Bertz CT molecular complexity index is 365. The number of nitrogens with zero attached hydrogens (tertiary/aromatic N) is 2. The van der Waals surface area contributed by atoms with Crippen LogP contribution in [0.25, 0.3) is 0 Å². The molecule has 62 valence electrons. The Hall–Kier alpha value is -1.15. The molecule has 0 atom stereocenters. The summed E-state index contributed by atoms with van der Waals surface area (Å²) in [6.07, 6.45) is 0. The van der Waals surface area contributed by atoms with Crippen molar-refractivity contribution in [2.75, 3.05) is 0 Å². The standard InChI is InChI=1S/C3H4N2O5S/c1-2-3(11(7,8)9)4-10-5(2)6/h1H3,(H,7,8,9). The van der Waals surface area contributed by atoms with Gasteiger partial charge in [0.1, 0.15) is 0 Å². The van der Waals surface area contributed by atoms with Crippen molar-refractivity contribution in [3.05, 3.63) is 10.9 Å². The second kappa shape index (κ2) is 2.17. The Labute approximate surface area is 61.5 Å². The molecule has 1 heterocycles. The molecule has 0 aromatic carbocycles. The Morgan fingerprint density at radius 3 is 2.45 bits per heavy atom. The van der Waals surface area contributed by atoms with E-state index in [1.54, 1.807) is 0 Å². The van der Waals surface area contributed by atoms with E-state index >= 15 is 0 Å². The molecule has 0 saturated heterocycles. The first-order valence-corrected chi connectivity index (χ1v) is 3.91. The molecule has 0 unspecified atom stereocenters. The minimum Gasteiger partial charge on any atom is -0.359 e. The van der Waals surface area contributed by atoms with E-state index in [1.807, 2.05) is 0 Å². The molecule has 0 saturated carbocycles. The summed E-state index contributed by atoms with van der Waals surface area (Å²) in [5.74, 6) is 0. The molecular weight excluding hydrogens is 176 g/mol. The van der Waals surface area contributed by atoms with Gasteiger partial charge in [-0.3, -0.25) is 9.18 Å². The number of rotatable bonds is 1. The van der Waals surface area contributed by atoms with Gasteiger partial charge in [-0.1, -0.05) is 0 Å². The van der Waals surface area contributed by atoms with Crippen molar-refractivity contribution in [3.63, 3.8) is 0 Å². The predicted molar refractivity (Wildman–Crippen MR) is 30.0 cm³/mol. The summed E-state index contributed by atoms with van der Waals surface area (Å²) in [6, 6.07) is 0. The quantitative estimate of drug-likeness (QED) is 0.432. The van der Waals surface area contributed by atoms with Crippen molar-refractivity contribution in [1.82, 2.24) is 5.16 Å². The molecule has 0 amide bonds. The van der Waals surface area contributed by atoms with Crippen molar-refractivity contribution in [2.45, 2.75) is 11.9 Å². The molecule has 8 heteroatoms. The lowest BCUT2D eigenvalue weighted by Crippen LogP contribution is -2.26. The molecule has 0 spiro atoms. The van der Waals surface area contributed by atoms with Gasteiger partial charge in [0.15, 0.2) is 0 Å². The molecule has 0 aliphatic rings. The van der Waals surface area contributed by atoms with Crippen LogP contribution in [-0.2, 0) is 10.1 Å². The fraction of sp³-hybridized carbons (Fsp3) is 0.333. The number of hydrogen-bond donors (Lipinski definition) is 1. The first-order valence-electron chi connectivity index (χ1n) is 2.46. The van der Waals surface area contributed by atoms with E-state index in [4.69, 9.17) is 4.55 Å². The third-order valence-electron chi connectivity index (χ3n) is 1.03. The van der Waals surface area contributed by atoms with Crippen molar-refractivity contribution >= 4 is 10.1 Å². The molecule has 11 heavy (non-hydrogen) atoms. The summed E-state index contributed by atoms with van der Waals surface area (Å²) in [5.41, 5.74) is -0.299. The lowest BCUT2D eigenvalue weighted by molar-refractivity contribution is -0.807. The van der Waals surface area contributed by atoms with Crippen LogP contribution < -0.4 is 4.90 Å². The van der Waals surface area contributed by atoms with Gasteiger partial charge in [-0.05, 0) is 4.90 Å². The minimum atomic E-state index is -4.44. The molecule has 1 aromatic heterocycles. The first-order chi connectivity index (χ1) is 4.93. The summed E-state index contributed by atoms with van der Waals surface area (Å²) in [7, 11) is -4.44. The van der Waals surface area contributed by atoms with Crippen LogP contribution in [0.15, 0.2) is 9.65 Å². The molecule has 1 N–H and O–H groups in total. The normalized spacial score (nSPS) is 11.8. The highest BCUT2D eigenvalue weighted by atomic mass is 32.2. The molecule has 1 aromatic rings. The van der Waals surface area contributed by atoms with Gasteiger partial charge in [0.05, 0.1) is 5.16 Å². The highest BCUT2D eigenvalue weighted by molar-refractivity contribution is 7.85. The fourth-order valence-electron chi connectivity index (χ4n) is 0.513. The van der Waals surface area contributed by atoms with Gasteiger partial charge in [-0.2, -0.15) is 8.42 Å². The lowest BCUT2D eigenvalue weighted by atomic mass is 10.6. The zero-order valence-corrected chi connectivity index (χ0v) is 6.20. The van der Waals surface area contributed by atoms with Crippen LogP contribution in [0.4, 0.5) is 0 Å². The Kier molecular flexibility index (Phi) is 1.57. The van der Waals surface area contributed by atoms with E-state index in [9.17, 15) is 13.6 Å². The van der Waals surface area contributed by atoms with Crippen molar-refractivity contribution in [2.24, 2.45) is 0 Å². The Balaban J connectivity index is 3.38. The highest BCUT2D eigenvalue weighted by Gasteiger charge is 2.26. The van der Waals surface area contributed by atoms with Crippen LogP contribution in [0.3, 0.4) is 0 Å². The summed E-state index contributed by atoms with van der Waals surface area (Å²) in [6.45, 7) is 1.16. The minimum absolute atomic E-state index is 0.108. The third kappa shape index (κ3) is 1.30. The van der Waals surface area contributed by atoms with E-state index in [1.165, 1.54) is 0 Å². The highest BCUT2D eigenvalue weighted by Crippen LogP contribution is 2.05. The SMILES string of the molecule is Cc1c(S(=O)(=O)O)no[n+]1[O-]. The van der Waals surface area contributed by atoms with Crippen molar-refractivity contribution in [1.29, 1.82) is 0 Å². The summed E-state index contributed by atoms with van der Waals surface area (Å²) < 4.78 is 33.0. The van der Waals surface area contributed by atoms with E-state index in [0.717, 1.165) is 6.92 Å². The smallest absolute Gasteiger partial charge is 0.359 e. The monoisotopic (exact) mass is 180 g/mol. The average Bonchev–Trinajstić information content (AvgIpc) is 2.11. The van der Waals surface area contributed by atoms with Crippen LogP contribution in [0.2, 0.25) is 0 Å². The van der Waals surface area contributed by atoms with E-state index in [0.29, 0.717) is 0 Å². The summed E-state index contributed by atoms with van der Waals surface area (Å²) in [4.78, 5) is -0.108. The molecule has 7 nitrogen and oxygen atoms in total. The third-order valence-corrected chi connectivity index (χ3v) is 1.88. The van der Waals surface area contributed by atoms with Crippen LogP contribution in [0.5, 0.6) is 0 Å². The predicted octanol–water partition coefficient (Wildman–Crippen LogP) is -1.14.